The molecule has 2 aromatic rings. The van der Waals surface area contributed by atoms with E-state index in [1.54, 1.807) is 31.2 Å². The number of methoxy groups -OCH3 is 1. The SMILES string of the molecule is COC(=O)C1=C(C#CCOc2cccc3c2-c2ccccc2C3=O)C(C)C2C(C(C)O)C(=O)N12. The van der Waals surface area contributed by atoms with Gasteiger partial charge in [0.2, 0.25) is 5.91 Å². The second kappa shape index (κ2) is 8.15. The lowest BCUT2D eigenvalue weighted by molar-refractivity contribution is -0.163. The molecule has 3 aliphatic rings. The molecule has 0 aromatic heterocycles. The number of hydrogen-bond donors (Lipinski definition) is 1. The molecule has 0 bridgehead atoms. The van der Waals surface area contributed by atoms with E-state index < -0.39 is 18.0 Å². The number of aliphatic hydroxyl groups excluding tert-OH is 1. The fourth-order valence-corrected chi connectivity index (χ4v) is 5.22. The van der Waals surface area contributed by atoms with Crippen LogP contribution in [0.3, 0.4) is 0 Å². The number of β-lactam (4-membered cyclic amide) rings is 1. The Balaban J connectivity index is 1.41. The molecule has 34 heavy (non-hydrogen) atoms. The number of esters is 1. The van der Waals surface area contributed by atoms with Crippen molar-refractivity contribution in [3.05, 3.63) is 64.9 Å². The van der Waals surface area contributed by atoms with Crippen LogP contribution in [-0.2, 0) is 14.3 Å². The van der Waals surface area contributed by atoms with Crippen LogP contribution in [0.15, 0.2) is 53.7 Å². The Hall–Kier alpha value is -3.89. The summed E-state index contributed by atoms with van der Waals surface area (Å²) < 4.78 is 10.8. The van der Waals surface area contributed by atoms with Gasteiger partial charge in [-0.1, -0.05) is 55.2 Å². The van der Waals surface area contributed by atoms with E-state index in [4.69, 9.17) is 9.47 Å². The van der Waals surface area contributed by atoms with E-state index in [1.165, 1.54) is 12.0 Å². The molecular formula is C27H23NO6. The maximum atomic E-state index is 12.7. The summed E-state index contributed by atoms with van der Waals surface area (Å²) in [7, 11) is 1.26. The zero-order valence-electron chi connectivity index (χ0n) is 19.0. The Morgan fingerprint density at radius 3 is 2.53 bits per heavy atom. The van der Waals surface area contributed by atoms with Gasteiger partial charge in [0.15, 0.2) is 5.78 Å². The van der Waals surface area contributed by atoms with Gasteiger partial charge >= 0.3 is 5.97 Å². The second-order valence-electron chi connectivity index (χ2n) is 8.65. The third kappa shape index (κ3) is 3.06. The van der Waals surface area contributed by atoms with Gasteiger partial charge in [0.25, 0.3) is 0 Å². The fourth-order valence-electron chi connectivity index (χ4n) is 5.22. The van der Waals surface area contributed by atoms with Crippen LogP contribution in [0.25, 0.3) is 11.1 Å². The van der Waals surface area contributed by atoms with Gasteiger partial charge in [0.05, 0.1) is 25.2 Å². The van der Waals surface area contributed by atoms with Crippen molar-refractivity contribution in [3.63, 3.8) is 0 Å². The van der Waals surface area contributed by atoms with Gasteiger partial charge in [-0.15, -0.1) is 0 Å². The summed E-state index contributed by atoms with van der Waals surface area (Å²) in [6.07, 6.45) is -0.823. The average Bonchev–Trinajstić information content (AvgIpc) is 3.26. The minimum absolute atomic E-state index is 0.0237. The average molecular weight is 457 g/mol. The highest BCUT2D eigenvalue weighted by Crippen LogP contribution is 2.47. The highest BCUT2D eigenvalue weighted by Gasteiger charge is 2.59. The minimum atomic E-state index is -0.823. The van der Waals surface area contributed by atoms with E-state index in [0.717, 1.165) is 11.1 Å². The van der Waals surface area contributed by atoms with E-state index in [0.29, 0.717) is 22.4 Å². The molecule has 4 unspecified atom stereocenters. The number of ketones is 1. The lowest BCUT2D eigenvalue weighted by Gasteiger charge is -2.46. The molecule has 5 rings (SSSR count). The molecule has 0 spiro atoms. The number of benzene rings is 2. The summed E-state index contributed by atoms with van der Waals surface area (Å²) in [6, 6.07) is 12.4. The van der Waals surface area contributed by atoms with Gasteiger partial charge in [-0.05, 0) is 18.6 Å². The van der Waals surface area contributed by atoms with Crippen molar-refractivity contribution in [1.29, 1.82) is 0 Å². The molecule has 2 aromatic carbocycles. The molecule has 7 heteroatoms. The molecular weight excluding hydrogens is 434 g/mol. The van der Waals surface area contributed by atoms with Gasteiger partial charge < -0.3 is 19.5 Å². The van der Waals surface area contributed by atoms with Gasteiger partial charge in [-0.2, -0.15) is 0 Å². The summed E-state index contributed by atoms with van der Waals surface area (Å²) in [5.74, 6) is 4.74. The van der Waals surface area contributed by atoms with Gasteiger partial charge in [-0.3, -0.25) is 9.59 Å². The fraction of sp³-hybridized carbons (Fsp3) is 0.296. The summed E-state index contributed by atoms with van der Waals surface area (Å²) in [5, 5.41) is 10.0. The predicted octanol–water partition coefficient (Wildman–Crippen LogP) is 2.56. The molecule has 1 saturated heterocycles. The highest BCUT2D eigenvalue weighted by atomic mass is 16.5. The molecule has 7 nitrogen and oxygen atoms in total. The Morgan fingerprint density at radius 2 is 1.82 bits per heavy atom. The number of rotatable bonds is 4. The van der Waals surface area contributed by atoms with Crippen molar-refractivity contribution in [3.8, 4) is 28.7 Å². The molecule has 4 atom stereocenters. The molecule has 0 radical (unpaired) electrons. The molecule has 172 valence electrons. The minimum Gasteiger partial charge on any atom is -0.480 e. The summed E-state index contributed by atoms with van der Waals surface area (Å²) in [6.45, 7) is 3.48. The lowest BCUT2D eigenvalue weighted by Crippen LogP contribution is -2.63. The number of nitrogens with zero attached hydrogens (tertiary/aromatic N) is 1. The molecule has 1 amide bonds. The number of carbonyl (C=O) groups excluding carboxylic acids is 3. The van der Waals surface area contributed by atoms with Gasteiger partial charge in [0.1, 0.15) is 18.1 Å². The molecule has 0 saturated carbocycles. The van der Waals surface area contributed by atoms with Crippen molar-refractivity contribution in [2.24, 2.45) is 11.8 Å². The first-order valence-corrected chi connectivity index (χ1v) is 11.1. The summed E-state index contributed by atoms with van der Waals surface area (Å²) >= 11 is 0. The number of ether oxygens (including phenoxy) is 2. The molecule has 1 aliphatic carbocycles. The molecule has 2 aliphatic heterocycles. The van der Waals surface area contributed by atoms with Gasteiger partial charge in [-0.25, -0.2) is 4.79 Å². The van der Waals surface area contributed by atoms with Crippen molar-refractivity contribution >= 4 is 17.7 Å². The Bertz CT molecular complexity index is 1330. The van der Waals surface area contributed by atoms with Crippen LogP contribution in [0, 0.1) is 23.7 Å². The van der Waals surface area contributed by atoms with E-state index in [-0.39, 0.29) is 36.0 Å². The van der Waals surface area contributed by atoms with E-state index in [1.807, 2.05) is 25.1 Å². The van der Waals surface area contributed by atoms with Crippen LogP contribution in [-0.4, -0.2) is 53.5 Å². The second-order valence-corrected chi connectivity index (χ2v) is 8.65. The summed E-state index contributed by atoms with van der Waals surface area (Å²) in [5.41, 5.74) is 3.46. The number of aliphatic hydroxyl groups is 1. The first-order chi connectivity index (χ1) is 16.4. The Labute approximate surface area is 197 Å². The molecule has 1 N–H and O–H groups in total. The maximum Gasteiger partial charge on any atom is 0.355 e. The third-order valence-corrected chi connectivity index (χ3v) is 6.79. The Kier molecular flexibility index (Phi) is 5.26. The van der Waals surface area contributed by atoms with Crippen LogP contribution >= 0.6 is 0 Å². The van der Waals surface area contributed by atoms with E-state index >= 15 is 0 Å². The number of hydrogen-bond acceptors (Lipinski definition) is 6. The third-order valence-electron chi connectivity index (χ3n) is 6.79. The maximum absolute atomic E-state index is 12.7. The van der Waals surface area contributed by atoms with E-state index in [9.17, 15) is 19.5 Å². The smallest absolute Gasteiger partial charge is 0.355 e. The standard InChI is InChI=1S/C27H23NO6/c1-14-16(24(27(32)33-3)28-23(14)21(15(2)29)26(28)31)11-7-13-34-20-12-6-10-19-22(20)17-8-4-5-9-18(17)25(19)30/h4-6,8-10,12,14-15,21,23,29H,13H2,1-3H3. The number of fused-ring (bicyclic) bond motifs is 4. The first-order valence-electron chi connectivity index (χ1n) is 11.1. The van der Waals surface area contributed by atoms with Crippen LogP contribution < -0.4 is 4.74 Å². The summed E-state index contributed by atoms with van der Waals surface area (Å²) in [4.78, 5) is 39.1. The van der Waals surface area contributed by atoms with Gasteiger partial charge in [0, 0.05) is 28.2 Å². The quantitative estimate of drug-likeness (QED) is 0.368. The normalized spacial score (nSPS) is 22.8. The molecule has 2 heterocycles. The zero-order chi connectivity index (χ0) is 24.1. The highest BCUT2D eigenvalue weighted by molar-refractivity contribution is 6.22. The first kappa shape index (κ1) is 21.9. The van der Waals surface area contributed by atoms with Crippen molar-refractivity contribution in [1.82, 2.24) is 4.90 Å². The lowest BCUT2D eigenvalue weighted by atomic mass is 9.78. The largest absolute Gasteiger partial charge is 0.480 e. The van der Waals surface area contributed by atoms with Crippen LogP contribution in [0.1, 0.15) is 29.8 Å². The zero-order valence-corrected chi connectivity index (χ0v) is 19.0. The number of amides is 1. The molecule has 1 fully saturated rings. The van der Waals surface area contributed by atoms with Crippen LogP contribution in [0.5, 0.6) is 5.75 Å². The predicted molar refractivity (Wildman–Crippen MR) is 123 cm³/mol. The van der Waals surface area contributed by atoms with E-state index in [2.05, 4.69) is 11.8 Å². The Morgan fingerprint density at radius 1 is 1.12 bits per heavy atom. The van der Waals surface area contributed by atoms with Crippen molar-refractivity contribution < 1.29 is 29.0 Å². The van der Waals surface area contributed by atoms with Crippen LogP contribution in [0.4, 0.5) is 0 Å². The van der Waals surface area contributed by atoms with Crippen molar-refractivity contribution in [2.45, 2.75) is 26.0 Å². The monoisotopic (exact) mass is 457 g/mol. The topological polar surface area (TPSA) is 93.1 Å². The number of carbonyl (C=O) groups is 3. The van der Waals surface area contributed by atoms with Crippen molar-refractivity contribution in [2.75, 3.05) is 13.7 Å². The van der Waals surface area contributed by atoms with Crippen LogP contribution in [0.2, 0.25) is 0 Å².